The maximum Gasteiger partial charge on any atom is 0.0728 e. The van der Waals surface area contributed by atoms with Gasteiger partial charge in [-0.3, -0.25) is 16.3 Å². The zero-order valence-electron chi connectivity index (χ0n) is 8.33. The number of hydrazine groups is 1. The molecule has 0 fully saturated rings. The van der Waals surface area contributed by atoms with Crippen LogP contribution >= 0.6 is 15.9 Å². The van der Waals surface area contributed by atoms with Crippen molar-refractivity contribution in [2.75, 3.05) is 0 Å². The lowest BCUT2D eigenvalue weighted by Crippen LogP contribution is -2.28. The number of aromatic nitrogens is 1. The highest BCUT2D eigenvalue weighted by molar-refractivity contribution is 9.10. The fraction of sp³-hybridized carbons (Fsp3) is 0.500. The standard InChI is InChI=1S/C10H16BrN3/c1-2-3-6-9(14-12)10-8(11)5-4-7-13-10/h4-5,7,9,14H,2-3,6,12H2,1H3. The molecule has 14 heavy (non-hydrogen) atoms. The molecule has 0 spiro atoms. The molecule has 78 valence electrons. The van der Waals surface area contributed by atoms with Crippen molar-refractivity contribution in [3.63, 3.8) is 0 Å². The zero-order chi connectivity index (χ0) is 10.4. The lowest BCUT2D eigenvalue weighted by molar-refractivity contribution is 0.483. The molecule has 4 heteroatoms. The minimum Gasteiger partial charge on any atom is -0.271 e. The highest BCUT2D eigenvalue weighted by atomic mass is 79.9. The third kappa shape index (κ3) is 3.04. The number of unbranched alkanes of at least 4 members (excludes halogenated alkanes) is 1. The van der Waals surface area contributed by atoms with Crippen molar-refractivity contribution >= 4 is 15.9 Å². The van der Waals surface area contributed by atoms with Gasteiger partial charge in [-0.25, -0.2) is 0 Å². The highest BCUT2D eigenvalue weighted by Crippen LogP contribution is 2.23. The Morgan fingerprint density at radius 3 is 3.00 bits per heavy atom. The van der Waals surface area contributed by atoms with Crippen LogP contribution in [0.3, 0.4) is 0 Å². The van der Waals surface area contributed by atoms with Gasteiger partial charge in [0.2, 0.25) is 0 Å². The van der Waals surface area contributed by atoms with Gasteiger partial charge < -0.3 is 0 Å². The second-order valence-corrected chi connectivity index (χ2v) is 4.09. The number of hydrogen-bond acceptors (Lipinski definition) is 3. The number of halogens is 1. The first-order valence-corrected chi connectivity index (χ1v) is 5.65. The Morgan fingerprint density at radius 1 is 1.64 bits per heavy atom. The molecular formula is C10H16BrN3. The van der Waals surface area contributed by atoms with Crippen LogP contribution in [0.1, 0.15) is 37.9 Å². The lowest BCUT2D eigenvalue weighted by atomic mass is 10.1. The maximum atomic E-state index is 5.50. The smallest absolute Gasteiger partial charge is 0.0728 e. The summed E-state index contributed by atoms with van der Waals surface area (Å²) in [6.07, 6.45) is 5.12. The number of hydrogen-bond donors (Lipinski definition) is 2. The Hall–Kier alpha value is -0.450. The van der Waals surface area contributed by atoms with Crippen LogP contribution in [0.15, 0.2) is 22.8 Å². The minimum absolute atomic E-state index is 0.144. The van der Waals surface area contributed by atoms with Gasteiger partial charge in [-0.1, -0.05) is 19.8 Å². The first kappa shape index (κ1) is 11.6. The van der Waals surface area contributed by atoms with Gasteiger partial charge in [0.05, 0.1) is 11.7 Å². The highest BCUT2D eigenvalue weighted by Gasteiger charge is 2.12. The number of rotatable bonds is 5. The molecule has 1 atom stereocenters. The second-order valence-electron chi connectivity index (χ2n) is 3.23. The lowest BCUT2D eigenvalue weighted by Gasteiger charge is -2.15. The van der Waals surface area contributed by atoms with E-state index in [4.69, 9.17) is 5.84 Å². The molecule has 3 N–H and O–H groups in total. The van der Waals surface area contributed by atoms with Gasteiger partial charge in [-0.05, 0) is 34.5 Å². The molecule has 0 aliphatic heterocycles. The van der Waals surface area contributed by atoms with Crippen LogP contribution in [0.25, 0.3) is 0 Å². The SMILES string of the molecule is CCCCC(NN)c1ncccc1Br. The molecule has 1 heterocycles. The summed E-state index contributed by atoms with van der Waals surface area (Å²) in [6, 6.07) is 4.03. The normalized spacial score (nSPS) is 12.8. The van der Waals surface area contributed by atoms with Gasteiger partial charge in [0, 0.05) is 10.7 Å². The maximum absolute atomic E-state index is 5.50. The Kier molecular flexibility index (Phi) is 5.07. The van der Waals surface area contributed by atoms with E-state index in [0.717, 1.165) is 23.0 Å². The average molecular weight is 258 g/mol. The molecule has 1 unspecified atom stereocenters. The molecule has 0 saturated carbocycles. The molecule has 0 amide bonds. The topological polar surface area (TPSA) is 50.9 Å². The first-order valence-electron chi connectivity index (χ1n) is 4.86. The summed E-state index contributed by atoms with van der Waals surface area (Å²) < 4.78 is 1.01. The molecule has 1 aromatic heterocycles. The van der Waals surface area contributed by atoms with Crippen LogP contribution in [0, 0.1) is 0 Å². The summed E-state index contributed by atoms with van der Waals surface area (Å²) in [5.74, 6) is 5.50. The van der Waals surface area contributed by atoms with Crippen LogP contribution in [0.2, 0.25) is 0 Å². The molecular weight excluding hydrogens is 242 g/mol. The van der Waals surface area contributed by atoms with Gasteiger partial charge in [-0.15, -0.1) is 0 Å². The van der Waals surface area contributed by atoms with E-state index in [0.29, 0.717) is 0 Å². The number of nitrogens with two attached hydrogens (primary N) is 1. The molecule has 0 aromatic carbocycles. The molecule has 3 nitrogen and oxygen atoms in total. The first-order chi connectivity index (χ1) is 6.79. The van der Waals surface area contributed by atoms with E-state index in [1.165, 1.54) is 6.42 Å². The van der Waals surface area contributed by atoms with Crippen LogP contribution in [0.4, 0.5) is 0 Å². The van der Waals surface area contributed by atoms with Gasteiger partial charge in [0.1, 0.15) is 0 Å². The number of nitrogens with one attached hydrogen (secondary N) is 1. The number of nitrogens with zero attached hydrogens (tertiary/aromatic N) is 1. The molecule has 1 rings (SSSR count). The summed E-state index contributed by atoms with van der Waals surface area (Å²) in [5, 5.41) is 0. The van der Waals surface area contributed by atoms with Gasteiger partial charge in [0.15, 0.2) is 0 Å². The van der Waals surface area contributed by atoms with Gasteiger partial charge in [0.25, 0.3) is 0 Å². The van der Waals surface area contributed by atoms with Crippen LogP contribution in [-0.4, -0.2) is 4.98 Å². The Balaban J connectivity index is 2.73. The van der Waals surface area contributed by atoms with Crippen molar-refractivity contribution in [1.82, 2.24) is 10.4 Å². The molecule has 0 saturated heterocycles. The zero-order valence-corrected chi connectivity index (χ0v) is 9.92. The van der Waals surface area contributed by atoms with E-state index in [-0.39, 0.29) is 6.04 Å². The Labute approximate surface area is 93.2 Å². The molecule has 0 aliphatic rings. The minimum atomic E-state index is 0.144. The van der Waals surface area contributed by atoms with Gasteiger partial charge in [-0.2, -0.15) is 0 Å². The summed E-state index contributed by atoms with van der Waals surface area (Å²) in [6.45, 7) is 2.17. The fourth-order valence-electron chi connectivity index (χ4n) is 1.36. The summed E-state index contributed by atoms with van der Waals surface area (Å²) in [7, 11) is 0. The molecule has 0 aliphatic carbocycles. The Bertz CT molecular complexity index is 278. The summed E-state index contributed by atoms with van der Waals surface area (Å²) >= 11 is 3.47. The average Bonchev–Trinajstić information content (AvgIpc) is 2.21. The van der Waals surface area contributed by atoms with Gasteiger partial charge >= 0.3 is 0 Å². The monoisotopic (exact) mass is 257 g/mol. The van der Waals surface area contributed by atoms with E-state index >= 15 is 0 Å². The van der Waals surface area contributed by atoms with Crippen molar-refractivity contribution in [2.24, 2.45) is 5.84 Å². The molecule has 0 radical (unpaired) electrons. The van der Waals surface area contributed by atoms with Crippen molar-refractivity contribution in [3.8, 4) is 0 Å². The molecule has 0 bridgehead atoms. The molecule has 1 aromatic rings. The van der Waals surface area contributed by atoms with Crippen molar-refractivity contribution < 1.29 is 0 Å². The fourth-order valence-corrected chi connectivity index (χ4v) is 1.89. The predicted molar refractivity (Wildman–Crippen MR) is 61.5 cm³/mol. The number of pyridine rings is 1. The quantitative estimate of drug-likeness (QED) is 0.630. The van der Waals surface area contributed by atoms with Crippen molar-refractivity contribution in [1.29, 1.82) is 0 Å². The van der Waals surface area contributed by atoms with E-state index in [1.54, 1.807) is 6.20 Å². The van der Waals surface area contributed by atoms with E-state index in [1.807, 2.05) is 12.1 Å². The predicted octanol–water partition coefficient (Wildman–Crippen LogP) is 2.54. The Morgan fingerprint density at radius 2 is 2.43 bits per heavy atom. The van der Waals surface area contributed by atoms with E-state index in [9.17, 15) is 0 Å². The van der Waals surface area contributed by atoms with Crippen LogP contribution in [-0.2, 0) is 0 Å². The van der Waals surface area contributed by atoms with E-state index in [2.05, 4.69) is 33.3 Å². The van der Waals surface area contributed by atoms with Crippen molar-refractivity contribution in [3.05, 3.63) is 28.5 Å². The second kappa shape index (κ2) is 6.11. The third-order valence-corrected chi connectivity index (χ3v) is 2.84. The largest absolute Gasteiger partial charge is 0.271 e. The van der Waals surface area contributed by atoms with Crippen LogP contribution < -0.4 is 11.3 Å². The van der Waals surface area contributed by atoms with Crippen LogP contribution in [0.5, 0.6) is 0 Å². The summed E-state index contributed by atoms with van der Waals surface area (Å²) in [4.78, 5) is 4.31. The summed E-state index contributed by atoms with van der Waals surface area (Å²) in [5.41, 5.74) is 3.79. The van der Waals surface area contributed by atoms with E-state index < -0.39 is 0 Å². The van der Waals surface area contributed by atoms with Crippen molar-refractivity contribution in [2.45, 2.75) is 32.2 Å². The third-order valence-electron chi connectivity index (χ3n) is 2.16.